The van der Waals surface area contributed by atoms with Gasteiger partial charge in [-0.05, 0) is 12.8 Å². The number of benzene rings is 1. The van der Waals surface area contributed by atoms with E-state index in [1.54, 1.807) is 0 Å². The van der Waals surface area contributed by atoms with Crippen molar-refractivity contribution in [3.8, 4) is 0 Å². The molecule has 1 aliphatic carbocycles. The summed E-state index contributed by atoms with van der Waals surface area (Å²) in [7, 11) is 0. The van der Waals surface area contributed by atoms with Crippen LogP contribution in [0, 0.1) is 27.6 Å². The van der Waals surface area contributed by atoms with Crippen molar-refractivity contribution in [1.82, 2.24) is 10.6 Å². The van der Waals surface area contributed by atoms with Crippen LogP contribution in [-0.4, -0.2) is 29.3 Å². The van der Waals surface area contributed by atoms with Gasteiger partial charge in [-0.15, -0.1) is 0 Å². The third-order valence-corrected chi connectivity index (χ3v) is 3.95. The second-order valence-corrected chi connectivity index (χ2v) is 5.73. The van der Waals surface area contributed by atoms with Crippen LogP contribution in [0.2, 0.25) is 0 Å². The fourth-order valence-corrected chi connectivity index (χ4v) is 2.67. The highest BCUT2D eigenvalue weighted by atomic mass is 19.2. The number of carbonyl (C=O) groups excluding carboxylic acids is 2. The first kappa shape index (κ1) is 18.7. The van der Waals surface area contributed by atoms with E-state index < -0.39 is 52.0 Å². The third kappa shape index (κ3) is 4.46. The van der Waals surface area contributed by atoms with Crippen LogP contribution in [0.4, 0.5) is 18.9 Å². The van der Waals surface area contributed by atoms with Gasteiger partial charge in [0.2, 0.25) is 17.5 Å². The van der Waals surface area contributed by atoms with Crippen molar-refractivity contribution in [3.63, 3.8) is 0 Å². The summed E-state index contributed by atoms with van der Waals surface area (Å²) in [6.07, 6.45) is 4.72. The lowest BCUT2D eigenvalue weighted by Crippen LogP contribution is -2.42. The highest BCUT2D eigenvalue weighted by Crippen LogP contribution is 2.25. The predicted octanol–water partition coefficient (Wildman–Crippen LogP) is 2.19. The smallest absolute Gasteiger partial charge is 0.308 e. The first-order chi connectivity index (χ1) is 11.8. The normalized spacial score (nSPS) is 14.8. The molecule has 0 atom stereocenters. The molecular weight excluding hydrogens is 343 g/mol. The molecule has 0 heterocycles. The molecule has 1 aromatic rings. The van der Waals surface area contributed by atoms with E-state index in [4.69, 9.17) is 0 Å². The number of nitrogens with one attached hydrogen (secondary N) is 2. The summed E-state index contributed by atoms with van der Waals surface area (Å²) in [5.74, 6) is -7.73. The fraction of sp³-hybridized carbons (Fsp3) is 0.467. The van der Waals surface area contributed by atoms with Crippen molar-refractivity contribution in [1.29, 1.82) is 0 Å². The standard InChI is InChI=1S/C15H16F3N3O4/c16-12-9(6-10(21(24)25)13(17)14(12)18)15(23)19-7-11(22)20-8-4-2-1-3-5-8/h6,8H,1-5,7H2,(H,19,23)(H,20,22). The van der Waals surface area contributed by atoms with E-state index in [1.165, 1.54) is 0 Å². The van der Waals surface area contributed by atoms with E-state index in [2.05, 4.69) is 5.32 Å². The van der Waals surface area contributed by atoms with Gasteiger partial charge < -0.3 is 10.6 Å². The van der Waals surface area contributed by atoms with Gasteiger partial charge in [0.15, 0.2) is 5.82 Å². The highest BCUT2D eigenvalue weighted by molar-refractivity contribution is 5.97. The Morgan fingerprint density at radius 2 is 1.76 bits per heavy atom. The molecule has 2 N–H and O–H groups in total. The molecule has 0 unspecified atom stereocenters. The number of amides is 2. The number of hydrogen-bond acceptors (Lipinski definition) is 4. The molecule has 0 aromatic heterocycles. The zero-order valence-corrected chi connectivity index (χ0v) is 13.1. The second-order valence-electron chi connectivity index (χ2n) is 5.73. The lowest BCUT2D eigenvalue weighted by molar-refractivity contribution is -0.387. The first-order valence-electron chi connectivity index (χ1n) is 7.70. The Morgan fingerprint density at radius 3 is 2.36 bits per heavy atom. The number of hydrogen-bond donors (Lipinski definition) is 2. The minimum Gasteiger partial charge on any atom is -0.352 e. The largest absolute Gasteiger partial charge is 0.352 e. The average molecular weight is 359 g/mol. The van der Waals surface area contributed by atoms with E-state index in [0.717, 1.165) is 32.1 Å². The number of halogens is 3. The Kier molecular flexibility index (Phi) is 5.94. The molecule has 2 amide bonds. The lowest BCUT2D eigenvalue weighted by Gasteiger charge is -2.22. The summed E-state index contributed by atoms with van der Waals surface area (Å²) >= 11 is 0. The molecule has 10 heteroatoms. The minimum atomic E-state index is -2.12. The average Bonchev–Trinajstić information content (AvgIpc) is 2.58. The van der Waals surface area contributed by atoms with Crippen LogP contribution < -0.4 is 10.6 Å². The number of carbonyl (C=O) groups is 2. The summed E-state index contributed by atoms with van der Waals surface area (Å²) in [5.41, 5.74) is -2.41. The van der Waals surface area contributed by atoms with Crippen LogP contribution >= 0.6 is 0 Å². The fourth-order valence-electron chi connectivity index (χ4n) is 2.67. The molecular formula is C15H16F3N3O4. The first-order valence-corrected chi connectivity index (χ1v) is 7.70. The summed E-state index contributed by atoms with van der Waals surface area (Å²) < 4.78 is 40.3. The van der Waals surface area contributed by atoms with Gasteiger partial charge in [-0.3, -0.25) is 19.7 Å². The quantitative estimate of drug-likeness (QED) is 0.478. The van der Waals surface area contributed by atoms with Gasteiger partial charge in [0.05, 0.1) is 17.0 Å². The maximum atomic E-state index is 13.7. The van der Waals surface area contributed by atoms with E-state index in [1.807, 2.05) is 5.32 Å². The topological polar surface area (TPSA) is 101 Å². The molecule has 0 spiro atoms. The van der Waals surface area contributed by atoms with E-state index in [0.29, 0.717) is 6.07 Å². The van der Waals surface area contributed by atoms with Crippen LogP contribution in [0.15, 0.2) is 6.07 Å². The summed E-state index contributed by atoms with van der Waals surface area (Å²) in [6.45, 7) is -0.512. The maximum Gasteiger partial charge on any atom is 0.308 e. The van der Waals surface area contributed by atoms with Crippen LogP contribution in [0.25, 0.3) is 0 Å². The SMILES string of the molecule is O=C(CNC(=O)c1cc([N+](=O)[O-])c(F)c(F)c1F)NC1CCCCC1. The van der Waals surface area contributed by atoms with Crippen molar-refractivity contribution in [2.45, 2.75) is 38.1 Å². The Hall–Kier alpha value is -2.65. The van der Waals surface area contributed by atoms with Crippen molar-refractivity contribution in [2.24, 2.45) is 0 Å². The molecule has 0 bridgehead atoms. The number of nitro benzene ring substituents is 1. The highest BCUT2D eigenvalue weighted by Gasteiger charge is 2.28. The number of nitro groups is 1. The molecule has 1 aliphatic rings. The Balaban J connectivity index is 2.03. The van der Waals surface area contributed by atoms with E-state index in [9.17, 15) is 32.9 Å². The van der Waals surface area contributed by atoms with Gasteiger partial charge in [0.25, 0.3) is 5.91 Å². The van der Waals surface area contributed by atoms with Gasteiger partial charge >= 0.3 is 5.69 Å². The molecule has 1 aromatic carbocycles. The van der Waals surface area contributed by atoms with Crippen LogP contribution in [0.1, 0.15) is 42.5 Å². The molecule has 25 heavy (non-hydrogen) atoms. The van der Waals surface area contributed by atoms with Gasteiger partial charge in [-0.2, -0.15) is 4.39 Å². The molecule has 0 radical (unpaired) electrons. The van der Waals surface area contributed by atoms with Crippen molar-refractivity contribution >= 4 is 17.5 Å². The molecule has 1 fully saturated rings. The third-order valence-electron chi connectivity index (χ3n) is 3.95. The summed E-state index contributed by atoms with van der Waals surface area (Å²) in [6, 6.07) is 0.293. The van der Waals surface area contributed by atoms with Crippen LogP contribution in [-0.2, 0) is 4.79 Å². The van der Waals surface area contributed by atoms with Gasteiger partial charge in [-0.1, -0.05) is 19.3 Å². The Labute approximate surface area is 140 Å². The molecule has 0 saturated heterocycles. The van der Waals surface area contributed by atoms with Crippen molar-refractivity contribution < 1.29 is 27.7 Å². The van der Waals surface area contributed by atoms with Gasteiger partial charge in [-0.25, -0.2) is 8.78 Å². The Morgan fingerprint density at radius 1 is 1.12 bits per heavy atom. The monoisotopic (exact) mass is 359 g/mol. The van der Waals surface area contributed by atoms with Crippen molar-refractivity contribution in [2.75, 3.05) is 6.54 Å². The van der Waals surface area contributed by atoms with Gasteiger partial charge in [0, 0.05) is 12.1 Å². The number of rotatable bonds is 5. The van der Waals surface area contributed by atoms with E-state index in [-0.39, 0.29) is 6.04 Å². The lowest BCUT2D eigenvalue weighted by atomic mass is 9.95. The molecule has 7 nitrogen and oxygen atoms in total. The van der Waals surface area contributed by atoms with E-state index >= 15 is 0 Å². The molecule has 136 valence electrons. The molecule has 1 saturated carbocycles. The van der Waals surface area contributed by atoms with Crippen LogP contribution in [0.5, 0.6) is 0 Å². The number of nitrogens with zero attached hydrogens (tertiary/aromatic N) is 1. The zero-order chi connectivity index (χ0) is 18.6. The molecule has 2 rings (SSSR count). The summed E-state index contributed by atoms with van der Waals surface area (Å²) in [4.78, 5) is 33.0. The zero-order valence-electron chi connectivity index (χ0n) is 13.1. The van der Waals surface area contributed by atoms with Crippen LogP contribution in [0.3, 0.4) is 0 Å². The minimum absolute atomic E-state index is 0.000703. The Bertz CT molecular complexity index is 706. The summed E-state index contributed by atoms with van der Waals surface area (Å²) in [5, 5.41) is 15.4. The van der Waals surface area contributed by atoms with Crippen molar-refractivity contribution in [3.05, 3.63) is 39.2 Å². The maximum absolute atomic E-state index is 13.7. The molecule has 0 aliphatic heterocycles. The van der Waals surface area contributed by atoms with Gasteiger partial charge in [0.1, 0.15) is 0 Å². The second kappa shape index (κ2) is 7.95. The predicted molar refractivity (Wildman–Crippen MR) is 80.3 cm³/mol.